The highest BCUT2D eigenvalue weighted by atomic mass is 32.1. The van der Waals surface area contributed by atoms with Crippen LogP contribution in [0, 0.1) is 6.92 Å². The molecule has 0 aliphatic rings. The Balaban J connectivity index is 2.48. The van der Waals surface area contributed by atoms with Crippen molar-refractivity contribution in [1.82, 2.24) is 15.2 Å². The van der Waals surface area contributed by atoms with Gasteiger partial charge in [0.25, 0.3) is 0 Å². The van der Waals surface area contributed by atoms with Gasteiger partial charge < -0.3 is 0 Å². The number of pyridine rings is 1. The molecule has 0 saturated carbocycles. The summed E-state index contributed by atoms with van der Waals surface area (Å²) in [5.74, 6) is 0. The summed E-state index contributed by atoms with van der Waals surface area (Å²) in [4.78, 5) is 4.32. The third-order valence-electron chi connectivity index (χ3n) is 1.47. The summed E-state index contributed by atoms with van der Waals surface area (Å²) >= 11 is 1.50. The smallest absolute Gasteiger partial charge is 0.166 e. The monoisotopic (exact) mass is 177 g/mol. The molecule has 0 N–H and O–H groups in total. The summed E-state index contributed by atoms with van der Waals surface area (Å²) in [6, 6.07) is 5.87. The molecule has 2 heterocycles. The van der Waals surface area contributed by atoms with Crippen LogP contribution in [0.2, 0.25) is 0 Å². The van der Waals surface area contributed by atoms with Crippen molar-refractivity contribution < 1.29 is 0 Å². The number of hydrogen-bond donors (Lipinski definition) is 0. The quantitative estimate of drug-likeness (QED) is 0.667. The number of rotatable bonds is 1. The molecule has 2 aromatic heterocycles. The fourth-order valence-electron chi connectivity index (χ4n) is 0.947. The van der Waals surface area contributed by atoms with Gasteiger partial charge in [-0.15, -0.1) is 10.2 Å². The lowest BCUT2D eigenvalue weighted by Gasteiger charge is -1.94. The molecule has 3 nitrogen and oxygen atoms in total. The predicted molar refractivity (Wildman–Crippen MR) is 47.9 cm³/mol. The number of hydrogen-bond acceptors (Lipinski definition) is 4. The van der Waals surface area contributed by atoms with Crippen molar-refractivity contribution in [2.45, 2.75) is 6.92 Å². The second kappa shape index (κ2) is 2.98. The first kappa shape index (κ1) is 7.36. The van der Waals surface area contributed by atoms with Crippen LogP contribution in [-0.2, 0) is 0 Å². The van der Waals surface area contributed by atoms with Crippen LogP contribution in [0.15, 0.2) is 23.7 Å². The highest BCUT2D eigenvalue weighted by molar-refractivity contribution is 7.12. The van der Waals surface area contributed by atoms with Gasteiger partial charge in [-0.3, -0.25) is 4.98 Å². The fraction of sp³-hybridized carbons (Fsp3) is 0.125. The zero-order valence-corrected chi connectivity index (χ0v) is 7.38. The molecular weight excluding hydrogens is 170 g/mol. The van der Waals surface area contributed by atoms with Crippen LogP contribution in [0.4, 0.5) is 0 Å². The molecular formula is C8H7N3S. The minimum Gasteiger partial charge on any atom is -0.251 e. The first-order valence-electron chi connectivity index (χ1n) is 3.56. The standard InChI is InChI=1S/C8H7N3S/c1-6-3-2-4-7(10-6)8-11-9-5-12-8/h2-5H,1H3. The topological polar surface area (TPSA) is 38.7 Å². The summed E-state index contributed by atoms with van der Waals surface area (Å²) in [6.45, 7) is 1.96. The fourth-order valence-corrected chi connectivity index (χ4v) is 1.47. The zero-order valence-electron chi connectivity index (χ0n) is 6.56. The van der Waals surface area contributed by atoms with E-state index in [1.165, 1.54) is 11.3 Å². The average molecular weight is 177 g/mol. The summed E-state index contributed by atoms with van der Waals surface area (Å²) in [6.07, 6.45) is 0. The third kappa shape index (κ3) is 1.33. The maximum Gasteiger partial charge on any atom is 0.166 e. The van der Waals surface area contributed by atoms with Gasteiger partial charge in [-0.25, -0.2) is 0 Å². The first-order chi connectivity index (χ1) is 5.86. The minimum absolute atomic E-state index is 0.874. The molecule has 0 aliphatic heterocycles. The van der Waals surface area contributed by atoms with Gasteiger partial charge in [-0.05, 0) is 19.1 Å². The van der Waals surface area contributed by atoms with Crippen LogP contribution in [0.1, 0.15) is 5.69 Å². The van der Waals surface area contributed by atoms with E-state index in [0.29, 0.717) is 0 Å². The normalized spacial score (nSPS) is 10.1. The predicted octanol–water partition coefficient (Wildman–Crippen LogP) is 1.91. The molecule has 2 aromatic rings. The Bertz CT molecular complexity index is 370. The van der Waals surface area contributed by atoms with E-state index in [9.17, 15) is 0 Å². The molecule has 0 unspecified atom stereocenters. The molecule has 0 fully saturated rings. The molecule has 0 spiro atoms. The molecule has 0 aromatic carbocycles. The van der Waals surface area contributed by atoms with E-state index in [1.54, 1.807) is 5.51 Å². The lowest BCUT2D eigenvalue weighted by atomic mass is 10.3. The molecule has 60 valence electrons. The van der Waals surface area contributed by atoms with Crippen LogP contribution in [0.5, 0.6) is 0 Å². The molecule has 12 heavy (non-hydrogen) atoms. The van der Waals surface area contributed by atoms with Crippen molar-refractivity contribution >= 4 is 11.3 Å². The van der Waals surface area contributed by atoms with Gasteiger partial charge >= 0.3 is 0 Å². The van der Waals surface area contributed by atoms with Gasteiger partial charge in [-0.2, -0.15) is 0 Å². The van der Waals surface area contributed by atoms with Gasteiger partial charge in [0, 0.05) is 5.69 Å². The van der Waals surface area contributed by atoms with Gasteiger partial charge in [0.15, 0.2) is 5.01 Å². The Hall–Kier alpha value is -1.29. The lowest BCUT2D eigenvalue weighted by molar-refractivity contribution is 1.08. The summed E-state index contributed by atoms with van der Waals surface area (Å²) in [5.41, 5.74) is 3.61. The largest absolute Gasteiger partial charge is 0.251 e. The molecule has 0 bridgehead atoms. The van der Waals surface area contributed by atoms with Crippen molar-refractivity contribution in [3.05, 3.63) is 29.4 Å². The first-order valence-corrected chi connectivity index (χ1v) is 4.44. The van der Waals surface area contributed by atoms with Crippen molar-refractivity contribution in [1.29, 1.82) is 0 Å². The van der Waals surface area contributed by atoms with Crippen LogP contribution in [-0.4, -0.2) is 15.2 Å². The zero-order chi connectivity index (χ0) is 8.39. The molecule has 0 saturated heterocycles. The van der Waals surface area contributed by atoms with Crippen LogP contribution in [0.3, 0.4) is 0 Å². The average Bonchev–Trinajstić information content (AvgIpc) is 2.56. The van der Waals surface area contributed by atoms with Crippen LogP contribution < -0.4 is 0 Å². The van der Waals surface area contributed by atoms with E-state index in [1.807, 2.05) is 25.1 Å². The van der Waals surface area contributed by atoms with Gasteiger partial charge in [0.1, 0.15) is 11.2 Å². The molecule has 0 radical (unpaired) electrons. The van der Waals surface area contributed by atoms with Crippen molar-refractivity contribution in [2.75, 3.05) is 0 Å². The van der Waals surface area contributed by atoms with E-state index in [0.717, 1.165) is 16.4 Å². The maximum absolute atomic E-state index is 4.32. The second-order valence-electron chi connectivity index (χ2n) is 2.41. The Morgan fingerprint density at radius 1 is 1.33 bits per heavy atom. The Morgan fingerprint density at radius 3 is 2.92 bits per heavy atom. The van der Waals surface area contributed by atoms with E-state index in [2.05, 4.69) is 15.2 Å². The molecule has 0 aliphatic carbocycles. The molecule has 4 heteroatoms. The van der Waals surface area contributed by atoms with Crippen molar-refractivity contribution in [2.24, 2.45) is 0 Å². The van der Waals surface area contributed by atoms with E-state index < -0.39 is 0 Å². The van der Waals surface area contributed by atoms with Crippen LogP contribution >= 0.6 is 11.3 Å². The summed E-state index contributed by atoms with van der Waals surface area (Å²) in [5, 5.41) is 8.56. The van der Waals surface area contributed by atoms with Crippen molar-refractivity contribution in [3.63, 3.8) is 0 Å². The molecule has 0 atom stereocenters. The van der Waals surface area contributed by atoms with Gasteiger partial charge in [0.2, 0.25) is 0 Å². The third-order valence-corrected chi connectivity index (χ3v) is 2.18. The lowest BCUT2D eigenvalue weighted by Crippen LogP contribution is -1.84. The van der Waals surface area contributed by atoms with E-state index in [4.69, 9.17) is 0 Å². The summed E-state index contributed by atoms with van der Waals surface area (Å²) in [7, 11) is 0. The molecule has 2 rings (SSSR count). The summed E-state index contributed by atoms with van der Waals surface area (Å²) < 4.78 is 0. The van der Waals surface area contributed by atoms with Gasteiger partial charge in [0.05, 0.1) is 0 Å². The number of aryl methyl sites for hydroxylation is 1. The Labute approximate surface area is 74.1 Å². The number of nitrogens with zero attached hydrogens (tertiary/aromatic N) is 3. The molecule has 0 amide bonds. The second-order valence-corrected chi connectivity index (χ2v) is 3.24. The Kier molecular flexibility index (Phi) is 1.83. The van der Waals surface area contributed by atoms with E-state index in [-0.39, 0.29) is 0 Å². The van der Waals surface area contributed by atoms with Gasteiger partial charge in [-0.1, -0.05) is 17.4 Å². The minimum atomic E-state index is 0.874. The Morgan fingerprint density at radius 2 is 2.25 bits per heavy atom. The van der Waals surface area contributed by atoms with E-state index >= 15 is 0 Å². The highest BCUT2D eigenvalue weighted by Gasteiger charge is 2.01. The van der Waals surface area contributed by atoms with Crippen molar-refractivity contribution in [3.8, 4) is 10.7 Å². The SMILES string of the molecule is Cc1cccc(-c2nncs2)n1. The van der Waals surface area contributed by atoms with Crippen LogP contribution in [0.25, 0.3) is 10.7 Å². The highest BCUT2D eigenvalue weighted by Crippen LogP contribution is 2.17. The maximum atomic E-state index is 4.32. The number of aromatic nitrogens is 3.